The van der Waals surface area contributed by atoms with Crippen molar-refractivity contribution >= 4 is 17.3 Å². The van der Waals surface area contributed by atoms with Crippen molar-refractivity contribution in [1.82, 2.24) is 0 Å². The maximum atomic E-state index is 13.4. The van der Waals surface area contributed by atoms with Crippen LogP contribution in [-0.4, -0.2) is 12.5 Å². The molecule has 0 aliphatic rings. The van der Waals surface area contributed by atoms with Crippen LogP contribution in [0.4, 0.5) is 15.8 Å². The second-order valence-electron chi connectivity index (χ2n) is 4.65. The highest BCUT2D eigenvalue weighted by Crippen LogP contribution is 2.19. The first kappa shape index (κ1) is 14.1. The number of carbonyl (C=O) groups is 1. The molecule has 104 valence electrons. The smallest absolute Gasteiger partial charge is 0.243 e. The molecule has 0 fully saturated rings. The van der Waals surface area contributed by atoms with Crippen molar-refractivity contribution in [3.63, 3.8) is 0 Å². The number of hydrogen-bond acceptors (Lipinski definition) is 2. The number of aryl methyl sites for hydroxylation is 2. The van der Waals surface area contributed by atoms with Gasteiger partial charge in [-0.1, -0.05) is 30.3 Å². The number of nitrogens with one attached hydrogen (secondary N) is 2. The van der Waals surface area contributed by atoms with Gasteiger partial charge in [-0.2, -0.15) is 0 Å². The zero-order chi connectivity index (χ0) is 14.5. The number of amides is 1. The lowest BCUT2D eigenvalue weighted by molar-refractivity contribution is -0.114. The molecule has 2 rings (SSSR count). The lowest BCUT2D eigenvalue weighted by Crippen LogP contribution is -2.22. The molecule has 3 nitrogen and oxygen atoms in total. The van der Waals surface area contributed by atoms with E-state index in [4.69, 9.17) is 0 Å². The van der Waals surface area contributed by atoms with E-state index >= 15 is 0 Å². The molecule has 0 spiro atoms. The van der Waals surface area contributed by atoms with Crippen LogP contribution in [0.15, 0.2) is 42.5 Å². The lowest BCUT2D eigenvalue weighted by Gasteiger charge is -2.12. The van der Waals surface area contributed by atoms with Gasteiger partial charge in [0, 0.05) is 5.69 Å². The van der Waals surface area contributed by atoms with Gasteiger partial charge in [-0.15, -0.1) is 0 Å². The van der Waals surface area contributed by atoms with E-state index in [2.05, 4.69) is 10.6 Å². The Balaban J connectivity index is 1.98. The standard InChI is InChI=1S/C16H17FN2O/c1-11-6-5-7-12(2)16(11)18-10-15(20)19-14-9-4-3-8-13(14)17/h3-9,18H,10H2,1-2H3,(H,19,20). The van der Waals surface area contributed by atoms with Gasteiger partial charge in [0.15, 0.2) is 0 Å². The first-order valence-electron chi connectivity index (χ1n) is 6.42. The minimum atomic E-state index is -0.437. The Morgan fingerprint density at radius 2 is 1.70 bits per heavy atom. The van der Waals surface area contributed by atoms with E-state index in [9.17, 15) is 9.18 Å². The van der Waals surface area contributed by atoms with Crippen molar-refractivity contribution in [2.75, 3.05) is 17.2 Å². The van der Waals surface area contributed by atoms with Gasteiger partial charge in [0.25, 0.3) is 0 Å². The average Bonchev–Trinajstić information content (AvgIpc) is 2.41. The molecule has 2 aromatic carbocycles. The topological polar surface area (TPSA) is 41.1 Å². The first-order chi connectivity index (χ1) is 9.58. The molecular formula is C16H17FN2O. The summed E-state index contributed by atoms with van der Waals surface area (Å²) in [7, 11) is 0. The highest BCUT2D eigenvalue weighted by atomic mass is 19.1. The fourth-order valence-corrected chi connectivity index (χ4v) is 2.02. The number of rotatable bonds is 4. The van der Waals surface area contributed by atoms with Crippen molar-refractivity contribution < 1.29 is 9.18 Å². The van der Waals surface area contributed by atoms with Gasteiger partial charge in [-0.25, -0.2) is 4.39 Å². The fourth-order valence-electron chi connectivity index (χ4n) is 2.02. The predicted molar refractivity (Wildman–Crippen MR) is 79.4 cm³/mol. The summed E-state index contributed by atoms with van der Waals surface area (Å²) in [6.07, 6.45) is 0. The molecular weight excluding hydrogens is 255 g/mol. The van der Waals surface area contributed by atoms with Gasteiger partial charge >= 0.3 is 0 Å². The van der Waals surface area contributed by atoms with E-state index < -0.39 is 5.82 Å². The summed E-state index contributed by atoms with van der Waals surface area (Å²) < 4.78 is 13.4. The quantitative estimate of drug-likeness (QED) is 0.894. The van der Waals surface area contributed by atoms with Crippen molar-refractivity contribution in [2.24, 2.45) is 0 Å². The molecule has 0 aliphatic heterocycles. The molecule has 0 heterocycles. The number of para-hydroxylation sites is 2. The molecule has 2 N–H and O–H groups in total. The maximum Gasteiger partial charge on any atom is 0.243 e. The minimum absolute atomic E-state index is 0.0972. The summed E-state index contributed by atoms with van der Waals surface area (Å²) in [5.74, 6) is -0.717. The van der Waals surface area contributed by atoms with Crippen LogP contribution in [0.5, 0.6) is 0 Å². The Kier molecular flexibility index (Phi) is 4.35. The molecule has 0 saturated heterocycles. The molecule has 20 heavy (non-hydrogen) atoms. The van der Waals surface area contributed by atoms with Crippen molar-refractivity contribution in [1.29, 1.82) is 0 Å². The van der Waals surface area contributed by atoms with E-state index in [-0.39, 0.29) is 18.1 Å². The Morgan fingerprint density at radius 1 is 1.05 bits per heavy atom. The average molecular weight is 272 g/mol. The van der Waals surface area contributed by atoms with Crippen LogP contribution >= 0.6 is 0 Å². The first-order valence-corrected chi connectivity index (χ1v) is 6.42. The summed E-state index contributed by atoms with van der Waals surface area (Å²) in [5, 5.41) is 5.63. The third-order valence-corrected chi connectivity index (χ3v) is 3.05. The second-order valence-corrected chi connectivity index (χ2v) is 4.65. The van der Waals surface area contributed by atoms with Gasteiger partial charge in [0.05, 0.1) is 12.2 Å². The highest BCUT2D eigenvalue weighted by Gasteiger charge is 2.07. The monoisotopic (exact) mass is 272 g/mol. The second kappa shape index (κ2) is 6.19. The Bertz CT molecular complexity index is 605. The zero-order valence-electron chi connectivity index (χ0n) is 11.5. The Hall–Kier alpha value is -2.36. The molecule has 0 radical (unpaired) electrons. The molecule has 0 atom stereocenters. The third kappa shape index (κ3) is 3.35. The van der Waals surface area contributed by atoms with E-state index in [1.165, 1.54) is 12.1 Å². The van der Waals surface area contributed by atoms with Gasteiger partial charge < -0.3 is 10.6 Å². The van der Waals surface area contributed by atoms with E-state index in [1.807, 2.05) is 32.0 Å². The number of hydrogen-bond donors (Lipinski definition) is 2. The van der Waals surface area contributed by atoms with Crippen LogP contribution in [0.25, 0.3) is 0 Å². The number of anilines is 2. The summed E-state index contributed by atoms with van der Waals surface area (Å²) in [6.45, 7) is 4.05. The highest BCUT2D eigenvalue weighted by molar-refractivity contribution is 5.94. The van der Waals surface area contributed by atoms with Crippen LogP contribution in [0.2, 0.25) is 0 Å². The number of halogens is 1. The van der Waals surface area contributed by atoms with Crippen LogP contribution in [0.3, 0.4) is 0 Å². The molecule has 1 amide bonds. The summed E-state index contributed by atoms with van der Waals surface area (Å²) >= 11 is 0. The maximum absolute atomic E-state index is 13.4. The van der Waals surface area contributed by atoms with E-state index in [0.717, 1.165) is 16.8 Å². The molecule has 0 unspecified atom stereocenters. The molecule has 4 heteroatoms. The zero-order valence-corrected chi connectivity index (χ0v) is 11.5. The fraction of sp³-hybridized carbons (Fsp3) is 0.188. The molecule has 0 aromatic heterocycles. The Morgan fingerprint density at radius 3 is 2.35 bits per heavy atom. The van der Waals surface area contributed by atoms with Gasteiger partial charge in [-0.3, -0.25) is 4.79 Å². The molecule has 0 aliphatic carbocycles. The normalized spacial score (nSPS) is 10.2. The summed E-state index contributed by atoms with van der Waals surface area (Å²) in [4.78, 5) is 11.8. The van der Waals surface area contributed by atoms with E-state index in [1.54, 1.807) is 12.1 Å². The largest absolute Gasteiger partial charge is 0.376 e. The molecule has 0 saturated carbocycles. The van der Waals surface area contributed by atoms with Crippen molar-refractivity contribution in [2.45, 2.75) is 13.8 Å². The van der Waals surface area contributed by atoms with E-state index in [0.29, 0.717) is 0 Å². The minimum Gasteiger partial charge on any atom is -0.376 e. The van der Waals surface area contributed by atoms with Gasteiger partial charge in [0.2, 0.25) is 5.91 Å². The Labute approximate surface area is 117 Å². The van der Waals surface area contributed by atoms with Crippen LogP contribution < -0.4 is 10.6 Å². The van der Waals surface area contributed by atoms with Gasteiger partial charge in [-0.05, 0) is 37.1 Å². The van der Waals surface area contributed by atoms with Crippen LogP contribution in [0, 0.1) is 19.7 Å². The van der Waals surface area contributed by atoms with Crippen molar-refractivity contribution in [3.05, 3.63) is 59.4 Å². The number of benzene rings is 2. The third-order valence-electron chi connectivity index (χ3n) is 3.05. The molecule has 0 bridgehead atoms. The SMILES string of the molecule is Cc1cccc(C)c1NCC(=O)Nc1ccccc1F. The summed E-state index contributed by atoms with van der Waals surface area (Å²) in [6, 6.07) is 12.0. The lowest BCUT2D eigenvalue weighted by atomic mass is 10.1. The molecule has 2 aromatic rings. The van der Waals surface area contributed by atoms with Crippen molar-refractivity contribution in [3.8, 4) is 0 Å². The van der Waals surface area contributed by atoms with Crippen LogP contribution in [0.1, 0.15) is 11.1 Å². The van der Waals surface area contributed by atoms with Crippen LogP contribution in [-0.2, 0) is 4.79 Å². The van der Waals surface area contributed by atoms with Gasteiger partial charge in [0.1, 0.15) is 5.82 Å². The predicted octanol–water partition coefficient (Wildman–Crippen LogP) is 3.49. The number of carbonyl (C=O) groups excluding carboxylic acids is 1. The summed E-state index contributed by atoms with van der Waals surface area (Å²) in [5.41, 5.74) is 3.28.